The first-order chi connectivity index (χ1) is 7.29. The molecule has 2 aromatic rings. The van der Waals surface area contributed by atoms with Crippen molar-refractivity contribution >= 4 is 22.7 Å². The van der Waals surface area contributed by atoms with Gasteiger partial charge in [-0.25, -0.2) is 0 Å². The lowest BCUT2D eigenvalue weighted by Crippen LogP contribution is -2.07. The summed E-state index contributed by atoms with van der Waals surface area (Å²) < 4.78 is 0. The van der Waals surface area contributed by atoms with Crippen LogP contribution in [-0.4, -0.2) is 10.2 Å². The van der Waals surface area contributed by atoms with Crippen LogP contribution in [0.2, 0.25) is 0 Å². The minimum atomic E-state index is 0.0405. The normalized spacial score (nSPS) is 12.9. The molecule has 2 N–H and O–H groups in total. The summed E-state index contributed by atoms with van der Waals surface area (Å²) in [6.07, 6.45) is 1.78. The van der Waals surface area contributed by atoms with Gasteiger partial charge in [0.05, 0.1) is 6.04 Å². The molecule has 1 atom stereocenters. The Labute approximate surface area is 97.0 Å². The second-order valence-corrected chi connectivity index (χ2v) is 5.23. The highest BCUT2D eigenvalue weighted by atomic mass is 32.1. The van der Waals surface area contributed by atoms with Crippen molar-refractivity contribution in [3.05, 3.63) is 32.4 Å². The van der Waals surface area contributed by atoms with Gasteiger partial charge in [0.15, 0.2) is 0 Å². The molecule has 1 unspecified atom stereocenters. The van der Waals surface area contributed by atoms with E-state index in [1.165, 1.54) is 5.56 Å². The molecule has 0 radical (unpaired) electrons. The molecule has 3 nitrogen and oxygen atoms in total. The molecule has 5 heteroatoms. The van der Waals surface area contributed by atoms with Crippen LogP contribution in [0, 0.1) is 0 Å². The van der Waals surface area contributed by atoms with Crippen molar-refractivity contribution in [1.29, 1.82) is 0 Å². The van der Waals surface area contributed by atoms with E-state index in [1.807, 2.05) is 0 Å². The molecular formula is C10H13N3S2. The minimum absolute atomic E-state index is 0.0405. The molecule has 0 aliphatic rings. The molecular weight excluding hydrogens is 226 g/mol. The first-order valence-corrected chi connectivity index (χ1v) is 6.64. The summed E-state index contributed by atoms with van der Waals surface area (Å²) in [7, 11) is 0. The molecule has 0 saturated heterocycles. The molecule has 0 aliphatic carbocycles. The van der Waals surface area contributed by atoms with E-state index in [9.17, 15) is 0 Å². The number of hydrogen-bond donors (Lipinski definition) is 1. The average molecular weight is 239 g/mol. The summed E-state index contributed by atoms with van der Waals surface area (Å²) in [5, 5.41) is 14.5. The zero-order valence-corrected chi connectivity index (χ0v) is 10.1. The number of nitrogens with two attached hydrogens (primary N) is 1. The van der Waals surface area contributed by atoms with Gasteiger partial charge in [0.2, 0.25) is 0 Å². The summed E-state index contributed by atoms with van der Waals surface area (Å²) in [5.41, 5.74) is 7.19. The maximum absolute atomic E-state index is 5.89. The number of rotatable bonds is 4. The molecule has 2 aromatic heterocycles. The van der Waals surface area contributed by atoms with Gasteiger partial charge in [0, 0.05) is 6.42 Å². The fourth-order valence-electron chi connectivity index (χ4n) is 1.23. The Bertz CT molecular complexity index is 408. The van der Waals surface area contributed by atoms with Crippen molar-refractivity contribution in [2.24, 2.45) is 5.73 Å². The van der Waals surface area contributed by atoms with Gasteiger partial charge in [-0.3, -0.25) is 0 Å². The standard InChI is InChI=1S/C10H13N3S2/c1-2-8(11)10-13-12-9(15-10)5-7-3-4-14-6-7/h3-4,6,8H,2,5,11H2,1H3. The number of thiophene rings is 1. The molecule has 0 spiro atoms. The molecule has 2 rings (SSSR count). The Morgan fingerprint density at radius 2 is 2.33 bits per heavy atom. The molecule has 0 aromatic carbocycles. The Balaban J connectivity index is 2.07. The second-order valence-electron chi connectivity index (χ2n) is 3.36. The van der Waals surface area contributed by atoms with Crippen molar-refractivity contribution in [3.63, 3.8) is 0 Å². The Morgan fingerprint density at radius 1 is 1.47 bits per heavy atom. The van der Waals surface area contributed by atoms with Crippen LogP contribution >= 0.6 is 22.7 Å². The van der Waals surface area contributed by atoms with Gasteiger partial charge >= 0.3 is 0 Å². The van der Waals surface area contributed by atoms with Crippen LogP contribution in [-0.2, 0) is 6.42 Å². The zero-order valence-electron chi connectivity index (χ0n) is 8.51. The lowest BCUT2D eigenvalue weighted by molar-refractivity contribution is 0.682. The fraction of sp³-hybridized carbons (Fsp3) is 0.400. The topological polar surface area (TPSA) is 51.8 Å². The second kappa shape index (κ2) is 4.83. The molecule has 0 aliphatic heterocycles. The van der Waals surface area contributed by atoms with Gasteiger partial charge in [-0.1, -0.05) is 18.3 Å². The summed E-state index contributed by atoms with van der Waals surface area (Å²) in [5.74, 6) is 0. The van der Waals surface area contributed by atoms with Crippen LogP contribution in [0.3, 0.4) is 0 Å². The molecule has 2 heterocycles. The van der Waals surface area contributed by atoms with E-state index >= 15 is 0 Å². The number of nitrogens with zero attached hydrogens (tertiary/aromatic N) is 2. The highest BCUT2D eigenvalue weighted by Gasteiger charge is 2.10. The van der Waals surface area contributed by atoms with Crippen molar-refractivity contribution in [3.8, 4) is 0 Å². The lowest BCUT2D eigenvalue weighted by Gasteiger charge is -2.00. The van der Waals surface area contributed by atoms with Gasteiger partial charge in [0.1, 0.15) is 10.0 Å². The van der Waals surface area contributed by atoms with E-state index in [2.05, 4.69) is 33.9 Å². The Kier molecular flexibility index (Phi) is 3.45. The predicted octanol–water partition coefficient (Wildman–Crippen LogP) is 2.60. The summed E-state index contributed by atoms with van der Waals surface area (Å²) in [6, 6.07) is 2.16. The third-order valence-corrected chi connectivity index (χ3v) is 3.96. The maximum Gasteiger partial charge on any atom is 0.134 e. The molecule has 0 saturated carbocycles. The van der Waals surface area contributed by atoms with Crippen LogP contribution < -0.4 is 5.73 Å². The van der Waals surface area contributed by atoms with E-state index in [-0.39, 0.29) is 6.04 Å². The van der Waals surface area contributed by atoms with Crippen molar-refractivity contribution in [2.75, 3.05) is 0 Å². The maximum atomic E-state index is 5.89. The van der Waals surface area contributed by atoms with E-state index in [0.29, 0.717) is 0 Å². The molecule has 0 bridgehead atoms. The first kappa shape index (κ1) is 10.7. The van der Waals surface area contributed by atoms with E-state index < -0.39 is 0 Å². The molecule has 0 amide bonds. The van der Waals surface area contributed by atoms with Crippen molar-refractivity contribution in [1.82, 2.24) is 10.2 Å². The van der Waals surface area contributed by atoms with Crippen LogP contribution in [0.25, 0.3) is 0 Å². The van der Waals surface area contributed by atoms with Crippen LogP contribution in [0.15, 0.2) is 16.8 Å². The number of hydrogen-bond acceptors (Lipinski definition) is 5. The largest absolute Gasteiger partial charge is 0.322 e. The minimum Gasteiger partial charge on any atom is -0.322 e. The summed E-state index contributed by atoms with van der Waals surface area (Å²) >= 11 is 3.33. The molecule has 0 fully saturated rings. The van der Waals surface area contributed by atoms with Gasteiger partial charge in [-0.15, -0.1) is 10.2 Å². The highest BCUT2D eigenvalue weighted by molar-refractivity contribution is 7.11. The van der Waals surface area contributed by atoms with Gasteiger partial charge < -0.3 is 5.73 Å². The third kappa shape index (κ3) is 2.62. The van der Waals surface area contributed by atoms with Crippen molar-refractivity contribution in [2.45, 2.75) is 25.8 Å². The zero-order chi connectivity index (χ0) is 10.7. The third-order valence-electron chi connectivity index (χ3n) is 2.17. The fourth-order valence-corrected chi connectivity index (χ4v) is 2.86. The van der Waals surface area contributed by atoms with Gasteiger partial charge in [-0.2, -0.15) is 11.3 Å². The monoisotopic (exact) mass is 239 g/mol. The van der Waals surface area contributed by atoms with Crippen LogP contribution in [0.1, 0.15) is 35.0 Å². The van der Waals surface area contributed by atoms with Gasteiger partial charge in [-0.05, 0) is 28.8 Å². The Hall–Kier alpha value is -0.780. The average Bonchev–Trinajstić information content (AvgIpc) is 2.88. The van der Waals surface area contributed by atoms with E-state index in [0.717, 1.165) is 22.9 Å². The predicted molar refractivity (Wildman–Crippen MR) is 64.3 cm³/mol. The van der Waals surface area contributed by atoms with Crippen LogP contribution in [0.4, 0.5) is 0 Å². The van der Waals surface area contributed by atoms with Crippen LogP contribution in [0.5, 0.6) is 0 Å². The van der Waals surface area contributed by atoms with Crippen molar-refractivity contribution < 1.29 is 0 Å². The van der Waals surface area contributed by atoms with E-state index in [4.69, 9.17) is 5.73 Å². The first-order valence-electron chi connectivity index (χ1n) is 4.88. The summed E-state index contributed by atoms with van der Waals surface area (Å²) in [4.78, 5) is 0. The lowest BCUT2D eigenvalue weighted by atomic mass is 10.3. The quantitative estimate of drug-likeness (QED) is 0.892. The smallest absolute Gasteiger partial charge is 0.134 e. The summed E-state index contributed by atoms with van der Waals surface area (Å²) in [6.45, 7) is 2.06. The highest BCUT2D eigenvalue weighted by Crippen LogP contribution is 2.21. The SMILES string of the molecule is CCC(N)c1nnc(Cc2ccsc2)s1. The van der Waals surface area contributed by atoms with Gasteiger partial charge in [0.25, 0.3) is 0 Å². The molecule has 15 heavy (non-hydrogen) atoms. The van der Waals surface area contributed by atoms with E-state index in [1.54, 1.807) is 22.7 Å². The molecule has 80 valence electrons. The Morgan fingerprint density at radius 3 is 3.00 bits per heavy atom. The number of aromatic nitrogens is 2.